The third kappa shape index (κ3) is 1.61. The summed E-state index contributed by atoms with van der Waals surface area (Å²) in [7, 11) is 0. The molecule has 1 fully saturated rings. The summed E-state index contributed by atoms with van der Waals surface area (Å²) in [6, 6.07) is 0. The van der Waals surface area contributed by atoms with Crippen LogP contribution >= 0.6 is 12.2 Å². The van der Waals surface area contributed by atoms with E-state index in [0.717, 1.165) is 0 Å². The molecular formula is C3H8N4S. The quantitative estimate of drug-likeness (QED) is 0.301. The lowest BCUT2D eigenvalue weighted by molar-refractivity contribution is 0.546. The number of rotatable bonds is 0. The minimum absolute atomic E-state index is 0.672. The van der Waals surface area contributed by atoms with E-state index >= 15 is 0 Å². The van der Waals surface area contributed by atoms with Crippen molar-refractivity contribution in [2.45, 2.75) is 0 Å². The van der Waals surface area contributed by atoms with Crippen molar-refractivity contribution in [3.63, 3.8) is 0 Å². The molecule has 0 aromatic carbocycles. The van der Waals surface area contributed by atoms with Crippen molar-refractivity contribution in [1.82, 2.24) is 21.5 Å². The minimum atomic E-state index is 0.672. The predicted octanol–water partition coefficient (Wildman–Crippen LogP) is -1.53. The van der Waals surface area contributed by atoms with Crippen molar-refractivity contribution in [2.75, 3.05) is 13.3 Å². The van der Waals surface area contributed by atoms with Gasteiger partial charge in [0.2, 0.25) is 0 Å². The normalized spacial score (nSPS) is 20.8. The Morgan fingerprint density at radius 2 is 1.62 bits per heavy atom. The smallest absolute Gasteiger partial charge is 0.168 e. The standard InChI is InChI=1S/C3H8N4S/c8-3-4-1-6-7-2-5-3/h6-7H,1-2H2,(H2,4,5,8). The molecule has 5 heteroatoms. The van der Waals surface area contributed by atoms with E-state index in [-0.39, 0.29) is 0 Å². The van der Waals surface area contributed by atoms with E-state index in [2.05, 4.69) is 21.5 Å². The van der Waals surface area contributed by atoms with Crippen molar-refractivity contribution in [3.8, 4) is 0 Å². The molecule has 0 saturated carbocycles. The van der Waals surface area contributed by atoms with E-state index in [9.17, 15) is 0 Å². The van der Waals surface area contributed by atoms with E-state index in [1.807, 2.05) is 0 Å². The second-order valence-corrected chi connectivity index (χ2v) is 1.80. The molecule has 4 nitrogen and oxygen atoms in total. The van der Waals surface area contributed by atoms with Crippen LogP contribution in [0.4, 0.5) is 0 Å². The maximum Gasteiger partial charge on any atom is 0.168 e. The topological polar surface area (TPSA) is 48.1 Å². The van der Waals surface area contributed by atoms with Gasteiger partial charge in [-0.1, -0.05) is 0 Å². The lowest BCUT2D eigenvalue weighted by atomic mass is 10.9. The first kappa shape index (κ1) is 5.74. The Balaban J connectivity index is 2.27. The summed E-state index contributed by atoms with van der Waals surface area (Å²) in [4.78, 5) is 0. The highest BCUT2D eigenvalue weighted by atomic mass is 32.1. The van der Waals surface area contributed by atoms with Crippen LogP contribution in [0.5, 0.6) is 0 Å². The molecule has 46 valence electrons. The van der Waals surface area contributed by atoms with Crippen LogP contribution in [0, 0.1) is 0 Å². The lowest BCUT2D eigenvalue weighted by Crippen LogP contribution is -2.36. The van der Waals surface area contributed by atoms with Gasteiger partial charge in [-0.3, -0.25) is 0 Å². The van der Waals surface area contributed by atoms with Crippen molar-refractivity contribution in [2.24, 2.45) is 0 Å². The highest BCUT2D eigenvalue weighted by Crippen LogP contribution is 1.64. The Bertz CT molecular complexity index is 83.3. The molecule has 0 amide bonds. The molecule has 1 aliphatic heterocycles. The first-order chi connectivity index (χ1) is 3.89. The molecule has 0 bridgehead atoms. The van der Waals surface area contributed by atoms with Gasteiger partial charge in [0.05, 0.1) is 13.3 Å². The summed E-state index contributed by atoms with van der Waals surface area (Å²) >= 11 is 4.79. The van der Waals surface area contributed by atoms with E-state index in [1.165, 1.54) is 0 Å². The molecule has 4 N–H and O–H groups in total. The fourth-order valence-electron chi connectivity index (χ4n) is 0.436. The second-order valence-electron chi connectivity index (χ2n) is 1.39. The van der Waals surface area contributed by atoms with Crippen LogP contribution in [0.2, 0.25) is 0 Å². The number of hydrogen-bond donors (Lipinski definition) is 4. The van der Waals surface area contributed by atoms with Crippen molar-refractivity contribution < 1.29 is 0 Å². The Kier molecular flexibility index (Phi) is 2.01. The molecule has 8 heavy (non-hydrogen) atoms. The van der Waals surface area contributed by atoms with Crippen LogP contribution in [-0.4, -0.2) is 18.4 Å². The third-order valence-electron chi connectivity index (χ3n) is 0.800. The number of hydrazine groups is 1. The van der Waals surface area contributed by atoms with Crippen molar-refractivity contribution in [3.05, 3.63) is 0 Å². The van der Waals surface area contributed by atoms with Crippen LogP contribution in [0.3, 0.4) is 0 Å². The lowest BCUT2D eigenvalue weighted by Gasteiger charge is -1.99. The number of thiocarbonyl (C=S) groups is 1. The van der Waals surface area contributed by atoms with Gasteiger partial charge in [0.15, 0.2) is 5.11 Å². The van der Waals surface area contributed by atoms with Gasteiger partial charge in [-0.05, 0) is 12.2 Å². The maximum atomic E-state index is 4.79. The Morgan fingerprint density at radius 1 is 1.12 bits per heavy atom. The van der Waals surface area contributed by atoms with E-state index in [0.29, 0.717) is 18.4 Å². The van der Waals surface area contributed by atoms with Crippen LogP contribution in [-0.2, 0) is 0 Å². The molecule has 1 saturated heterocycles. The zero-order valence-corrected chi connectivity index (χ0v) is 5.14. The minimum Gasteiger partial charge on any atom is -0.349 e. The van der Waals surface area contributed by atoms with E-state index < -0.39 is 0 Å². The highest BCUT2D eigenvalue weighted by Gasteiger charge is 1.95. The van der Waals surface area contributed by atoms with Gasteiger partial charge in [0, 0.05) is 0 Å². The summed E-state index contributed by atoms with van der Waals surface area (Å²) in [5.41, 5.74) is 5.73. The molecule has 1 aliphatic rings. The molecule has 1 rings (SSSR count). The van der Waals surface area contributed by atoms with Crippen LogP contribution < -0.4 is 21.5 Å². The van der Waals surface area contributed by atoms with Crippen LogP contribution in [0.15, 0.2) is 0 Å². The molecule has 0 spiro atoms. The van der Waals surface area contributed by atoms with Gasteiger partial charge in [-0.15, -0.1) is 0 Å². The molecule has 0 aromatic heterocycles. The average molecular weight is 132 g/mol. The number of nitrogens with one attached hydrogen (secondary N) is 4. The van der Waals surface area contributed by atoms with Gasteiger partial charge >= 0.3 is 0 Å². The summed E-state index contributed by atoms with van der Waals surface area (Å²) in [5, 5.41) is 6.47. The number of hydrogen-bond acceptors (Lipinski definition) is 3. The largest absolute Gasteiger partial charge is 0.349 e. The van der Waals surface area contributed by atoms with Crippen molar-refractivity contribution >= 4 is 17.3 Å². The zero-order valence-electron chi connectivity index (χ0n) is 4.32. The Hall–Kier alpha value is -0.390. The Morgan fingerprint density at radius 3 is 2.12 bits per heavy atom. The van der Waals surface area contributed by atoms with Gasteiger partial charge in [-0.2, -0.15) is 0 Å². The summed E-state index contributed by atoms with van der Waals surface area (Å²) < 4.78 is 0. The average Bonchev–Trinajstić information content (AvgIpc) is 1.94. The SMILES string of the molecule is S=C1NCNNCN1. The van der Waals surface area contributed by atoms with Crippen molar-refractivity contribution in [1.29, 1.82) is 0 Å². The molecule has 0 aromatic rings. The maximum absolute atomic E-state index is 4.79. The summed E-state index contributed by atoms with van der Waals surface area (Å²) in [5.74, 6) is 0. The van der Waals surface area contributed by atoms with Gasteiger partial charge in [-0.25, -0.2) is 10.9 Å². The first-order valence-corrected chi connectivity index (χ1v) is 2.78. The fourth-order valence-corrected chi connectivity index (χ4v) is 0.581. The third-order valence-corrected chi connectivity index (χ3v) is 1.09. The molecule has 0 aliphatic carbocycles. The van der Waals surface area contributed by atoms with E-state index in [1.54, 1.807) is 0 Å². The van der Waals surface area contributed by atoms with Gasteiger partial charge in [0.1, 0.15) is 0 Å². The second kappa shape index (κ2) is 2.81. The predicted molar refractivity (Wildman–Crippen MR) is 34.9 cm³/mol. The molecule has 0 unspecified atom stereocenters. The van der Waals surface area contributed by atoms with Gasteiger partial charge in [0.25, 0.3) is 0 Å². The molecule has 0 radical (unpaired) electrons. The van der Waals surface area contributed by atoms with E-state index in [4.69, 9.17) is 12.2 Å². The first-order valence-electron chi connectivity index (χ1n) is 2.37. The molecular weight excluding hydrogens is 124 g/mol. The highest BCUT2D eigenvalue weighted by molar-refractivity contribution is 7.80. The fraction of sp³-hybridized carbons (Fsp3) is 0.667. The summed E-state index contributed by atoms with van der Waals surface area (Å²) in [6.45, 7) is 1.34. The molecule has 0 atom stereocenters. The monoisotopic (exact) mass is 132 g/mol. The van der Waals surface area contributed by atoms with Gasteiger partial charge < -0.3 is 10.6 Å². The van der Waals surface area contributed by atoms with Crippen LogP contribution in [0.1, 0.15) is 0 Å². The zero-order chi connectivity index (χ0) is 5.82. The Labute approximate surface area is 53.0 Å². The van der Waals surface area contributed by atoms with Crippen LogP contribution in [0.25, 0.3) is 0 Å². The molecule has 1 heterocycles. The summed E-state index contributed by atoms with van der Waals surface area (Å²) in [6.07, 6.45) is 0.